The van der Waals surface area contributed by atoms with Crippen LogP contribution in [-0.4, -0.2) is 24.5 Å². The van der Waals surface area contributed by atoms with Crippen molar-refractivity contribution in [2.45, 2.75) is 58.5 Å². The van der Waals surface area contributed by atoms with Crippen molar-refractivity contribution in [2.24, 2.45) is 5.92 Å². The molecule has 1 rings (SSSR count). The summed E-state index contributed by atoms with van der Waals surface area (Å²) in [5.74, 6) is 0.794. The normalized spacial score (nSPS) is 18.7. The molecule has 1 unspecified atom stereocenters. The largest absolute Gasteiger partial charge is 0.355 e. The van der Waals surface area contributed by atoms with E-state index in [1.807, 2.05) is 6.92 Å². The molecule has 1 aliphatic rings. The second-order valence-corrected chi connectivity index (χ2v) is 4.99. The molecule has 0 heterocycles. The molecule has 0 bridgehead atoms. The lowest BCUT2D eigenvalue weighted by molar-refractivity contribution is -0.123. The van der Waals surface area contributed by atoms with Gasteiger partial charge in [-0.3, -0.25) is 4.79 Å². The van der Waals surface area contributed by atoms with Gasteiger partial charge in [0.2, 0.25) is 5.91 Å². The number of carbonyl (C=O) groups is 1. The smallest absolute Gasteiger partial charge is 0.236 e. The van der Waals surface area contributed by atoms with Crippen molar-refractivity contribution in [1.82, 2.24) is 10.6 Å². The number of nitrogens with one attached hydrogen (secondary N) is 2. The van der Waals surface area contributed by atoms with E-state index in [4.69, 9.17) is 0 Å². The molecule has 0 radical (unpaired) electrons. The first-order chi connectivity index (χ1) is 7.09. The third-order valence-electron chi connectivity index (χ3n) is 3.01. The van der Waals surface area contributed by atoms with Crippen molar-refractivity contribution < 1.29 is 4.79 Å². The first kappa shape index (κ1) is 12.5. The van der Waals surface area contributed by atoms with Gasteiger partial charge in [-0.05, 0) is 32.1 Å². The Morgan fingerprint density at radius 3 is 2.47 bits per heavy atom. The maximum Gasteiger partial charge on any atom is 0.236 e. The van der Waals surface area contributed by atoms with E-state index >= 15 is 0 Å². The van der Waals surface area contributed by atoms with Gasteiger partial charge in [0.05, 0.1) is 6.04 Å². The highest BCUT2D eigenvalue weighted by Gasteiger charge is 2.22. The van der Waals surface area contributed by atoms with Crippen molar-refractivity contribution in [3.05, 3.63) is 0 Å². The van der Waals surface area contributed by atoms with Gasteiger partial charge in [-0.2, -0.15) is 0 Å². The SMILES string of the molecule is CC(C)CCNC(=O)C(C)NC1CCC1. The maximum atomic E-state index is 11.6. The van der Waals surface area contributed by atoms with E-state index in [2.05, 4.69) is 24.5 Å². The molecular weight excluding hydrogens is 188 g/mol. The summed E-state index contributed by atoms with van der Waals surface area (Å²) in [6, 6.07) is 0.540. The molecule has 0 saturated heterocycles. The molecule has 2 N–H and O–H groups in total. The Labute approximate surface area is 93.0 Å². The molecule has 15 heavy (non-hydrogen) atoms. The van der Waals surface area contributed by atoms with E-state index in [0.29, 0.717) is 12.0 Å². The molecule has 1 fully saturated rings. The van der Waals surface area contributed by atoms with Gasteiger partial charge in [-0.25, -0.2) is 0 Å². The van der Waals surface area contributed by atoms with Crippen molar-refractivity contribution in [2.75, 3.05) is 6.54 Å². The topological polar surface area (TPSA) is 41.1 Å². The number of hydrogen-bond acceptors (Lipinski definition) is 2. The molecule has 0 aromatic rings. The van der Waals surface area contributed by atoms with E-state index in [1.165, 1.54) is 19.3 Å². The highest BCUT2D eigenvalue weighted by atomic mass is 16.2. The first-order valence-corrected chi connectivity index (χ1v) is 6.13. The van der Waals surface area contributed by atoms with Crippen LogP contribution in [0.4, 0.5) is 0 Å². The van der Waals surface area contributed by atoms with Gasteiger partial charge in [-0.15, -0.1) is 0 Å². The third-order valence-corrected chi connectivity index (χ3v) is 3.01. The summed E-state index contributed by atoms with van der Waals surface area (Å²) in [6.45, 7) is 7.08. The summed E-state index contributed by atoms with van der Waals surface area (Å²) in [7, 11) is 0. The summed E-state index contributed by atoms with van der Waals surface area (Å²) >= 11 is 0. The Morgan fingerprint density at radius 2 is 2.00 bits per heavy atom. The highest BCUT2D eigenvalue weighted by molar-refractivity contribution is 5.81. The predicted octanol–water partition coefficient (Wildman–Crippen LogP) is 1.68. The molecular formula is C12H24N2O. The van der Waals surface area contributed by atoms with Gasteiger partial charge in [-0.1, -0.05) is 20.3 Å². The van der Waals surface area contributed by atoms with Crippen LogP contribution in [-0.2, 0) is 4.79 Å². The first-order valence-electron chi connectivity index (χ1n) is 6.13. The molecule has 3 nitrogen and oxygen atoms in total. The molecule has 0 aliphatic heterocycles. The third kappa shape index (κ3) is 4.65. The molecule has 1 aliphatic carbocycles. The number of hydrogen-bond donors (Lipinski definition) is 2. The lowest BCUT2D eigenvalue weighted by Gasteiger charge is -2.29. The molecule has 1 amide bonds. The Bertz CT molecular complexity index is 200. The van der Waals surface area contributed by atoms with Crippen LogP contribution in [0.25, 0.3) is 0 Å². The van der Waals surface area contributed by atoms with Gasteiger partial charge >= 0.3 is 0 Å². The lowest BCUT2D eigenvalue weighted by Crippen LogP contribution is -2.49. The van der Waals surface area contributed by atoms with E-state index in [9.17, 15) is 4.79 Å². The molecule has 1 saturated carbocycles. The van der Waals surface area contributed by atoms with Crippen LogP contribution in [0.5, 0.6) is 0 Å². The summed E-state index contributed by atoms with van der Waals surface area (Å²) in [5, 5.41) is 6.31. The lowest BCUT2D eigenvalue weighted by atomic mass is 9.92. The van der Waals surface area contributed by atoms with Gasteiger partial charge in [0.25, 0.3) is 0 Å². The average Bonchev–Trinajstić information content (AvgIpc) is 2.10. The van der Waals surface area contributed by atoms with Crippen molar-refractivity contribution >= 4 is 5.91 Å². The second kappa shape index (κ2) is 6.11. The van der Waals surface area contributed by atoms with E-state index in [-0.39, 0.29) is 11.9 Å². The minimum atomic E-state index is -0.0394. The Kier molecular flexibility index (Phi) is 5.09. The van der Waals surface area contributed by atoms with Gasteiger partial charge < -0.3 is 10.6 Å². The van der Waals surface area contributed by atoms with Crippen LogP contribution in [0.15, 0.2) is 0 Å². The van der Waals surface area contributed by atoms with E-state index in [0.717, 1.165) is 13.0 Å². The summed E-state index contributed by atoms with van der Waals surface area (Å²) in [5.41, 5.74) is 0. The number of carbonyl (C=O) groups excluding carboxylic acids is 1. The van der Waals surface area contributed by atoms with Crippen molar-refractivity contribution in [1.29, 1.82) is 0 Å². The van der Waals surface area contributed by atoms with Crippen LogP contribution in [0, 0.1) is 5.92 Å². The zero-order valence-corrected chi connectivity index (χ0v) is 10.2. The molecule has 88 valence electrons. The fraction of sp³-hybridized carbons (Fsp3) is 0.917. The van der Waals surface area contributed by atoms with Crippen LogP contribution in [0.2, 0.25) is 0 Å². The average molecular weight is 212 g/mol. The summed E-state index contributed by atoms with van der Waals surface area (Å²) < 4.78 is 0. The Hall–Kier alpha value is -0.570. The second-order valence-electron chi connectivity index (χ2n) is 4.99. The van der Waals surface area contributed by atoms with Crippen molar-refractivity contribution in [3.8, 4) is 0 Å². The molecule has 0 aromatic heterocycles. The maximum absolute atomic E-state index is 11.6. The molecule has 0 spiro atoms. The van der Waals surface area contributed by atoms with Gasteiger partial charge in [0.1, 0.15) is 0 Å². The monoisotopic (exact) mass is 212 g/mol. The fourth-order valence-electron chi connectivity index (χ4n) is 1.64. The number of amides is 1. The predicted molar refractivity (Wildman–Crippen MR) is 62.7 cm³/mol. The standard InChI is InChI=1S/C12H24N2O/c1-9(2)7-8-13-12(15)10(3)14-11-5-4-6-11/h9-11,14H,4-8H2,1-3H3,(H,13,15). The Balaban J connectivity index is 2.09. The van der Waals surface area contributed by atoms with Crippen LogP contribution in [0.1, 0.15) is 46.5 Å². The number of rotatable bonds is 6. The Morgan fingerprint density at radius 1 is 1.33 bits per heavy atom. The van der Waals surface area contributed by atoms with Crippen LogP contribution >= 0.6 is 0 Å². The zero-order valence-electron chi connectivity index (χ0n) is 10.2. The minimum absolute atomic E-state index is 0.0394. The zero-order chi connectivity index (χ0) is 11.3. The summed E-state index contributed by atoms with van der Waals surface area (Å²) in [6.07, 6.45) is 4.81. The molecule has 0 aromatic carbocycles. The fourth-order valence-corrected chi connectivity index (χ4v) is 1.64. The molecule has 1 atom stereocenters. The minimum Gasteiger partial charge on any atom is -0.355 e. The van der Waals surface area contributed by atoms with Gasteiger partial charge in [0, 0.05) is 12.6 Å². The van der Waals surface area contributed by atoms with Crippen molar-refractivity contribution in [3.63, 3.8) is 0 Å². The van der Waals surface area contributed by atoms with Gasteiger partial charge in [0.15, 0.2) is 0 Å². The van der Waals surface area contributed by atoms with E-state index in [1.54, 1.807) is 0 Å². The van der Waals surface area contributed by atoms with E-state index < -0.39 is 0 Å². The van der Waals surface area contributed by atoms with Crippen LogP contribution in [0.3, 0.4) is 0 Å². The quantitative estimate of drug-likeness (QED) is 0.703. The summed E-state index contributed by atoms with van der Waals surface area (Å²) in [4.78, 5) is 11.6. The molecule has 3 heteroatoms. The highest BCUT2D eigenvalue weighted by Crippen LogP contribution is 2.18. The van der Waals surface area contributed by atoms with Crippen LogP contribution < -0.4 is 10.6 Å².